The minimum Gasteiger partial charge on any atom is -0.192 e. The van der Waals surface area contributed by atoms with E-state index in [1.165, 1.54) is 32.7 Å². The van der Waals surface area contributed by atoms with E-state index in [1.807, 2.05) is 18.2 Å². The third kappa shape index (κ3) is 2.78. The zero-order valence-electron chi connectivity index (χ0n) is 17.4. The van der Waals surface area contributed by atoms with Gasteiger partial charge in [0.15, 0.2) is 0 Å². The van der Waals surface area contributed by atoms with Crippen LogP contribution >= 0.6 is 0 Å². The topological polar surface area (TPSA) is 23.8 Å². The average molecular weight is 406 g/mol. The van der Waals surface area contributed by atoms with Gasteiger partial charge in [-0.1, -0.05) is 103 Å². The Hall–Kier alpha value is -4.41. The zero-order chi connectivity index (χ0) is 21.5. The van der Waals surface area contributed by atoms with Crippen LogP contribution in [0, 0.1) is 11.3 Å². The van der Waals surface area contributed by atoms with Crippen molar-refractivity contribution in [2.75, 3.05) is 0 Å². The van der Waals surface area contributed by atoms with Crippen LogP contribution in [0.3, 0.4) is 0 Å². The molecular formula is C31H19N. The van der Waals surface area contributed by atoms with Gasteiger partial charge in [-0.2, -0.15) is 5.26 Å². The first-order valence-corrected chi connectivity index (χ1v) is 10.8. The van der Waals surface area contributed by atoms with Crippen LogP contribution in [0.1, 0.15) is 5.56 Å². The van der Waals surface area contributed by atoms with Crippen LogP contribution in [-0.2, 0) is 0 Å². The van der Waals surface area contributed by atoms with Gasteiger partial charge >= 0.3 is 0 Å². The van der Waals surface area contributed by atoms with E-state index in [9.17, 15) is 5.26 Å². The Balaban J connectivity index is 1.79. The van der Waals surface area contributed by atoms with Crippen molar-refractivity contribution >= 4 is 32.3 Å². The van der Waals surface area contributed by atoms with Crippen molar-refractivity contribution < 1.29 is 0 Å². The largest absolute Gasteiger partial charge is 0.192 e. The van der Waals surface area contributed by atoms with Gasteiger partial charge in [0, 0.05) is 5.56 Å². The highest BCUT2D eigenvalue weighted by atomic mass is 14.3. The van der Waals surface area contributed by atoms with Crippen molar-refractivity contribution in [3.63, 3.8) is 0 Å². The molecule has 0 aliphatic rings. The lowest BCUT2D eigenvalue weighted by atomic mass is 9.84. The number of nitrogens with zero attached hydrogens (tertiary/aromatic N) is 1. The summed E-state index contributed by atoms with van der Waals surface area (Å²) in [6, 6.07) is 42.6. The highest BCUT2D eigenvalue weighted by molar-refractivity contribution is 6.22. The highest BCUT2D eigenvalue weighted by Gasteiger charge is 2.18. The van der Waals surface area contributed by atoms with Gasteiger partial charge in [-0.3, -0.25) is 0 Å². The fourth-order valence-electron chi connectivity index (χ4n) is 4.87. The molecule has 0 N–H and O–H groups in total. The smallest absolute Gasteiger partial charge is 0.0998 e. The first kappa shape index (κ1) is 18.4. The molecule has 0 unspecified atom stereocenters. The molecule has 0 atom stereocenters. The van der Waals surface area contributed by atoms with Gasteiger partial charge in [-0.25, -0.2) is 0 Å². The lowest BCUT2D eigenvalue weighted by Gasteiger charge is -2.18. The molecule has 6 rings (SSSR count). The fourth-order valence-corrected chi connectivity index (χ4v) is 4.87. The highest BCUT2D eigenvalue weighted by Crippen LogP contribution is 2.44. The number of fused-ring (bicyclic) bond motifs is 3. The van der Waals surface area contributed by atoms with Crippen LogP contribution in [0.15, 0.2) is 115 Å². The van der Waals surface area contributed by atoms with Crippen LogP contribution in [0.5, 0.6) is 0 Å². The maximum Gasteiger partial charge on any atom is 0.0998 e. The summed E-state index contributed by atoms with van der Waals surface area (Å²) >= 11 is 0. The number of benzene rings is 6. The quantitative estimate of drug-likeness (QED) is 0.266. The second kappa shape index (κ2) is 7.38. The third-order valence-corrected chi connectivity index (χ3v) is 6.29. The Morgan fingerprint density at radius 1 is 0.469 bits per heavy atom. The van der Waals surface area contributed by atoms with Crippen molar-refractivity contribution in [3.8, 4) is 28.3 Å². The van der Waals surface area contributed by atoms with Gasteiger partial charge < -0.3 is 0 Å². The molecular weight excluding hydrogens is 386 g/mol. The molecule has 0 fully saturated rings. The van der Waals surface area contributed by atoms with E-state index in [4.69, 9.17) is 0 Å². The van der Waals surface area contributed by atoms with Crippen LogP contribution < -0.4 is 0 Å². The van der Waals surface area contributed by atoms with Crippen molar-refractivity contribution in [2.24, 2.45) is 0 Å². The number of hydrogen-bond acceptors (Lipinski definition) is 1. The minimum atomic E-state index is 0.696. The molecule has 0 bridgehead atoms. The van der Waals surface area contributed by atoms with E-state index in [0.29, 0.717) is 5.56 Å². The first-order chi connectivity index (χ1) is 15.8. The summed E-state index contributed by atoms with van der Waals surface area (Å²) in [5, 5.41) is 17.0. The average Bonchev–Trinajstić information content (AvgIpc) is 2.87. The van der Waals surface area contributed by atoms with Crippen LogP contribution in [0.4, 0.5) is 0 Å². The van der Waals surface area contributed by atoms with Gasteiger partial charge in [0.05, 0.1) is 11.6 Å². The van der Waals surface area contributed by atoms with E-state index < -0.39 is 0 Å². The van der Waals surface area contributed by atoms with Gasteiger partial charge in [-0.15, -0.1) is 0 Å². The summed E-state index contributed by atoms with van der Waals surface area (Å²) in [6.45, 7) is 0. The second-order valence-electron chi connectivity index (χ2n) is 8.06. The van der Waals surface area contributed by atoms with Crippen LogP contribution in [0.25, 0.3) is 54.6 Å². The molecule has 6 aromatic carbocycles. The maximum absolute atomic E-state index is 9.81. The lowest BCUT2D eigenvalue weighted by Crippen LogP contribution is -1.92. The molecule has 0 aromatic heterocycles. The van der Waals surface area contributed by atoms with E-state index in [0.717, 1.165) is 21.9 Å². The van der Waals surface area contributed by atoms with E-state index >= 15 is 0 Å². The third-order valence-electron chi connectivity index (χ3n) is 6.29. The van der Waals surface area contributed by atoms with Gasteiger partial charge in [0.1, 0.15) is 0 Å². The van der Waals surface area contributed by atoms with Crippen molar-refractivity contribution in [1.82, 2.24) is 0 Å². The minimum absolute atomic E-state index is 0.696. The molecule has 1 nitrogen and oxygen atoms in total. The van der Waals surface area contributed by atoms with Crippen molar-refractivity contribution in [3.05, 3.63) is 121 Å². The molecule has 0 heterocycles. The monoisotopic (exact) mass is 405 g/mol. The normalized spacial score (nSPS) is 11.1. The fraction of sp³-hybridized carbons (Fsp3) is 0. The van der Waals surface area contributed by atoms with Crippen molar-refractivity contribution in [1.29, 1.82) is 5.26 Å². The Labute approximate surface area is 186 Å². The molecule has 0 aliphatic heterocycles. The summed E-state index contributed by atoms with van der Waals surface area (Å²) in [5.41, 5.74) is 5.24. The van der Waals surface area contributed by atoms with E-state index in [1.54, 1.807) is 0 Å². The molecule has 0 saturated heterocycles. The van der Waals surface area contributed by atoms with Gasteiger partial charge in [0.2, 0.25) is 0 Å². The summed E-state index contributed by atoms with van der Waals surface area (Å²) in [6.07, 6.45) is 0. The predicted molar refractivity (Wildman–Crippen MR) is 135 cm³/mol. The van der Waals surface area contributed by atoms with E-state index in [-0.39, 0.29) is 0 Å². The molecule has 0 radical (unpaired) electrons. The first-order valence-electron chi connectivity index (χ1n) is 10.8. The molecule has 0 spiro atoms. The molecule has 6 aromatic rings. The number of nitriles is 1. The Morgan fingerprint density at radius 2 is 1.00 bits per heavy atom. The standard InChI is InChI=1S/C31H19N/c32-20-24-11-3-4-12-25(24)31-28-15-7-5-13-26(28)30(27-14-6-8-16-29(27)31)23-18-17-21-9-1-2-10-22(21)19-23/h1-19H. The van der Waals surface area contributed by atoms with Crippen LogP contribution in [-0.4, -0.2) is 0 Å². The summed E-state index contributed by atoms with van der Waals surface area (Å²) in [7, 11) is 0. The molecule has 0 amide bonds. The summed E-state index contributed by atoms with van der Waals surface area (Å²) in [4.78, 5) is 0. The van der Waals surface area contributed by atoms with Gasteiger partial charge in [-0.05, 0) is 61.1 Å². The van der Waals surface area contributed by atoms with Gasteiger partial charge in [0.25, 0.3) is 0 Å². The summed E-state index contributed by atoms with van der Waals surface area (Å²) in [5.74, 6) is 0. The summed E-state index contributed by atoms with van der Waals surface area (Å²) < 4.78 is 0. The molecule has 0 saturated carbocycles. The molecule has 148 valence electrons. The second-order valence-corrected chi connectivity index (χ2v) is 8.06. The van der Waals surface area contributed by atoms with E-state index in [2.05, 4.69) is 103 Å². The van der Waals surface area contributed by atoms with Crippen LogP contribution in [0.2, 0.25) is 0 Å². The Bertz CT molecular complexity index is 1630. The number of rotatable bonds is 2. The SMILES string of the molecule is N#Cc1ccccc1-c1c2ccccc2c(-c2ccc3ccccc3c2)c2ccccc12. The Morgan fingerprint density at radius 3 is 1.66 bits per heavy atom. The number of hydrogen-bond donors (Lipinski definition) is 0. The maximum atomic E-state index is 9.81. The molecule has 0 aliphatic carbocycles. The lowest BCUT2D eigenvalue weighted by molar-refractivity contribution is 1.48. The van der Waals surface area contributed by atoms with Crippen molar-refractivity contribution in [2.45, 2.75) is 0 Å². The predicted octanol–water partition coefficient (Wildman–Crippen LogP) is 8.35. The Kier molecular flexibility index (Phi) is 4.23. The zero-order valence-corrected chi connectivity index (χ0v) is 17.4. The molecule has 32 heavy (non-hydrogen) atoms. The molecule has 1 heteroatoms.